The number of carbonyl (C=O) groups excluding carboxylic acids is 2. The molecule has 1 amide bonds. The van der Waals surface area contributed by atoms with E-state index in [0.717, 1.165) is 19.3 Å². The summed E-state index contributed by atoms with van der Waals surface area (Å²) in [6.45, 7) is 2.20. The summed E-state index contributed by atoms with van der Waals surface area (Å²) < 4.78 is 4.49. The molecule has 2 N–H and O–H groups in total. The lowest BCUT2D eigenvalue weighted by Gasteiger charge is -2.14. The van der Waals surface area contributed by atoms with Crippen molar-refractivity contribution in [2.45, 2.75) is 83.6 Å². The highest BCUT2D eigenvalue weighted by molar-refractivity contribution is 5.87. The first-order valence-corrected chi connectivity index (χ1v) is 8.60. The van der Waals surface area contributed by atoms with Gasteiger partial charge in [-0.15, -0.1) is 0 Å². The Hall–Kier alpha value is -1.59. The number of carboxylic acid groups (broad SMARTS) is 1. The molecule has 6 heteroatoms. The third-order valence-corrected chi connectivity index (χ3v) is 3.71. The van der Waals surface area contributed by atoms with Gasteiger partial charge in [-0.3, -0.25) is 9.59 Å². The van der Waals surface area contributed by atoms with Gasteiger partial charge in [0.25, 0.3) is 0 Å². The second-order valence-corrected chi connectivity index (χ2v) is 5.82. The Balaban J connectivity index is 3.75. The highest BCUT2D eigenvalue weighted by Gasteiger charge is 2.24. The van der Waals surface area contributed by atoms with Crippen molar-refractivity contribution in [1.29, 1.82) is 0 Å². The molecule has 0 aromatic rings. The maximum atomic E-state index is 11.8. The number of esters is 1. The van der Waals surface area contributed by atoms with Crippen LogP contribution in [-0.2, 0) is 19.1 Å². The van der Waals surface area contributed by atoms with Crippen LogP contribution in [0.15, 0.2) is 0 Å². The quantitative estimate of drug-likeness (QED) is 0.377. The average molecular weight is 329 g/mol. The summed E-state index contributed by atoms with van der Waals surface area (Å²) >= 11 is 0. The van der Waals surface area contributed by atoms with Crippen LogP contribution in [0, 0.1) is 0 Å². The van der Waals surface area contributed by atoms with Crippen LogP contribution < -0.4 is 5.32 Å². The number of hydrogen-bond acceptors (Lipinski definition) is 4. The number of rotatable bonds is 14. The number of hydrogen-bond donors (Lipinski definition) is 2. The van der Waals surface area contributed by atoms with E-state index < -0.39 is 24.4 Å². The maximum Gasteiger partial charge on any atom is 0.328 e. The number of carbonyl (C=O) groups is 3. The van der Waals surface area contributed by atoms with Gasteiger partial charge in [0.05, 0.1) is 13.5 Å². The molecule has 0 saturated heterocycles. The zero-order chi connectivity index (χ0) is 17.5. The van der Waals surface area contributed by atoms with E-state index in [2.05, 4.69) is 17.0 Å². The second kappa shape index (κ2) is 14.0. The number of carboxylic acids is 1. The van der Waals surface area contributed by atoms with Gasteiger partial charge in [0.15, 0.2) is 0 Å². The summed E-state index contributed by atoms with van der Waals surface area (Å²) in [5, 5.41) is 11.2. The SMILES string of the molecule is CCCCCCCCCCCC(=O)NC(CC(=O)O)C(=O)OC. The summed E-state index contributed by atoms with van der Waals surface area (Å²) in [5.74, 6) is -2.18. The molecule has 0 aromatic carbocycles. The van der Waals surface area contributed by atoms with Gasteiger partial charge in [0, 0.05) is 6.42 Å². The Morgan fingerprint density at radius 2 is 1.48 bits per heavy atom. The maximum absolute atomic E-state index is 11.8. The number of unbranched alkanes of at least 4 members (excludes halogenated alkanes) is 8. The van der Waals surface area contributed by atoms with E-state index in [1.54, 1.807) is 0 Å². The fourth-order valence-electron chi connectivity index (χ4n) is 2.37. The van der Waals surface area contributed by atoms with Gasteiger partial charge in [-0.1, -0.05) is 58.3 Å². The minimum Gasteiger partial charge on any atom is -0.481 e. The number of aliphatic carboxylic acids is 1. The van der Waals surface area contributed by atoms with E-state index in [-0.39, 0.29) is 5.91 Å². The Bertz CT molecular complexity index is 357. The molecule has 0 fully saturated rings. The third kappa shape index (κ3) is 12.6. The van der Waals surface area contributed by atoms with Gasteiger partial charge >= 0.3 is 11.9 Å². The molecule has 1 unspecified atom stereocenters. The highest BCUT2D eigenvalue weighted by Crippen LogP contribution is 2.10. The fraction of sp³-hybridized carbons (Fsp3) is 0.824. The molecule has 0 spiro atoms. The predicted molar refractivity (Wildman–Crippen MR) is 88.0 cm³/mol. The summed E-state index contributed by atoms with van der Waals surface area (Å²) in [6.07, 6.45) is 10.3. The molecule has 0 saturated carbocycles. The van der Waals surface area contributed by atoms with Crippen LogP contribution in [0.5, 0.6) is 0 Å². The van der Waals surface area contributed by atoms with E-state index >= 15 is 0 Å². The molecule has 0 radical (unpaired) electrons. The van der Waals surface area contributed by atoms with Crippen molar-refractivity contribution >= 4 is 17.8 Å². The molecular formula is C17H31NO5. The van der Waals surface area contributed by atoms with E-state index in [1.165, 1.54) is 45.6 Å². The lowest BCUT2D eigenvalue weighted by Crippen LogP contribution is -2.42. The van der Waals surface area contributed by atoms with Gasteiger partial charge in [-0.25, -0.2) is 4.79 Å². The largest absolute Gasteiger partial charge is 0.481 e. The van der Waals surface area contributed by atoms with Crippen LogP contribution in [0.1, 0.15) is 77.6 Å². The Labute approximate surface area is 139 Å². The smallest absolute Gasteiger partial charge is 0.328 e. The lowest BCUT2D eigenvalue weighted by molar-refractivity contribution is -0.149. The summed E-state index contributed by atoms with van der Waals surface area (Å²) in [6, 6.07) is -1.11. The summed E-state index contributed by atoms with van der Waals surface area (Å²) in [7, 11) is 1.17. The zero-order valence-corrected chi connectivity index (χ0v) is 14.4. The van der Waals surface area contributed by atoms with Crippen molar-refractivity contribution in [1.82, 2.24) is 5.32 Å². The molecule has 0 aliphatic rings. The van der Waals surface area contributed by atoms with Crippen molar-refractivity contribution < 1.29 is 24.2 Å². The average Bonchev–Trinajstić information content (AvgIpc) is 2.51. The first-order chi connectivity index (χ1) is 11.0. The van der Waals surface area contributed by atoms with Crippen LogP contribution in [0.3, 0.4) is 0 Å². The number of nitrogens with one attached hydrogen (secondary N) is 1. The monoisotopic (exact) mass is 329 g/mol. The van der Waals surface area contributed by atoms with Crippen molar-refractivity contribution in [3.63, 3.8) is 0 Å². The van der Waals surface area contributed by atoms with E-state index in [1.807, 2.05) is 0 Å². The molecule has 0 bridgehead atoms. The molecule has 134 valence electrons. The van der Waals surface area contributed by atoms with Gasteiger partial charge in [0.1, 0.15) is 6.04 Å². The third-order valence-electron chi connectivity index (χ3n) is 3.71. The van der Waals surface area contributed by atoms with Gasteiger partial charge in [0.2, 0.25) is 5.91 Å². The van der Waals surface area contributed by atoms with Crippen molar-refractivity contribution in [3.8, 4) is 0 Å². The Kier molecular flexibility index (Phi) is 13.1. The van der Waals surface area contributed by atoms with Crippen LogP contribution in [0.25, 0.3) is 0 Å². The van der Waals surface area contributed by atoms with Crippen LogP contribution in [0.2, 0.25) is 0 Å². The van der Waals surface area contributed by atoms with Crippen LogP contribution in [0.4, 0.5) is 0 Å². The van der Waals surface area contributed by atoms with E-state index in [9.17, 15) is 14.4 Å². The molecule has 0 rings (SSSR count). The van der Waals surface area contributed by atoms with Crippen molar-refractivity contribution in [3.05, 3.63) is 0 Å². The molecule has 0 aromatic heterocycles. The summed E-state index contributed by atoms with van der Waals surface area (Å²) in [5.41, 5.74) is 0. The molecule has 0 aliphatic heterocycles. The van der Waals surface area contributed by atoms with Crippen molar-refractivity contribution in [2.75, 3.05) is 7.11 Å². The topological polar surface area (TPSA) is 92.7 Å². The van der Waals surface area contributed by atoms with E-state index in [0.29, 0.717) is 6.42 Å². The molecule has 0 heterocycles. The normalized spacial score (nSPS) is 11.7. The Morgan fingerprint density at radius 3 is 1.96 bits per heavy atom. The Morgan fingerprint density at radius 1 is 0.957 bits per heavy atom. The van der Waals surface area contributed by atoms with Gasteiger partial charge < -0.3 is 15.2 Å². The minimum atomic E-state index is -1.15. The first kappa shape index (κ1) is 21.4. The molecular weight excluding hydrogens is 298 g/mol. The summed E-state index contributed by atoms with van der Waals surface area (Å²) in [4.78, 5) is 33.8. The minimum absolute atomic E-state index is 0.301. The number of amides is 1. The van der Waals surface area contributed by atoms with Crippen LogP contribution >= 0.6 is 0 Å². The zero-order valence-electron chi connectivity index (χ0n) is 14.4. The van der Waals surface area contributed by atoms with Gasteiger partial charge in [-0.05, 0) is 6.42 Å². The molecule has 1 atom stereocenters. The van der Waals surface area contributed by atoms with Gasteiger partial charge in [-0.2, -0.15) is 0 Å². The second-order valence-electron chi connectivity index (χ2n) is 5.82. The number of methoxy groups -OCH3 is 1. The molecule has 23 heavy (non-hydrogen) atoms. The van der Waals surface area contributed by atoms with Crippen molar-refractivity contribution in [2.24, 2.45) is 0 Å². The fourth-order valence-corrected chi connectivity index (χ4v) is 2.37. The lowest BCUT2D eigenvalue weighted by atomic mass is 10.1. The predicted octanol–water partition coefficient (Wildman–Crippen LogP) is 3.04. The standard InChI is InChI=1S/C17H31NO5/c1-3-4-5-6-7-8-9-10-11-12-15(19)18-14(13-16(20)21)17(22)23-2/h14H,3-13H2,1-2H3,(H,18,19)(H,20,21). The van der Waals surface area contributed by atoms with E-state index in [4.69, 9.17) is 5.11 Å². The molecule has 0 aliphatic carbocycles. The van der Waals surface area contributed by atoms with Crippen LogP contribution in [-0.4, -0.2) is 36.1 Å². The molecule has 6 nitrogen and oxygen atoms in total. The number of ether oxygens (including phenoxy) is 1. The first-order valence-electron chi connectivity index (χ1n) is 8.60. The highest BCUT2D eigenvalue weighted by atomic mass is 16.5.